The maximum atomic E-state index is 11.6. The molecular weight excluding hydrogens is 324 g/mol. The van der Waals surface area contributed by atoms with Crippen molar-refractivity contribution in [1.82, 2.24) is 19.7 Å². The van der Waals surface area contributed by atoms with Crippen molar-refractivity contribution < 1.29 is 4.79 Å². The van der Waals surface area contributed by atoms with Crippen LogP contribution in [0.2, 0.25) is 0 Å². The molecule has 2 aromatic rings. The van der Waals surface area contributed by atoms with Crippen molar-refractivity contribution in [3.63, 3.8) is 0 Å². The summed E-state index contributed by atoms with van der Waals surface area (Å²) >= 11 is 1.55. The Bertz CT molecular complexity index is 688. The average molecular weight is 348 g/mol. The second-order valence-electron chi connectivity index (χ2n) is 6.02. The highest BCUT2D eigenvalue weighted by Crippen LogP contribution is 2.22. The van der Waals surface area contributed by atoms with Gasteiger partial charge in [-0.05, 0) is 6.92 Å². The standard InChI is InChI=1S/C16H24N6OS/c1-4-22(13(2)23)16-18-14(12-24-16)10-20-5-7-21(8-6-20)15-9-17-19(3)11-15/h9,11-12H,4-8,10H2,1-3H3. The van der Waals surface area contributed by atoms with Gasteiger partial charge in [-0.15, -0.1) is 11.3 Å². The number of nitrogens with zero attached hydrogens (tertiary/aromatic N) is 6. The Kier molecular flexibility index (Phi) is 5.15. The number of carbonyl (C=O) groups excluding carboxylic acids is 1. The summed E-state index contributed by atoms with van der Waals surface area (Å²) in [4.78, 5) is 22.7. The maximum Gasteiger partial charge on any atom is 0.225 e. The second-order valence-corrected chi connectivity index (χ2v) is 6.86. The van der Waals surface area contributed by atoms with Crippen molar-refractivity contribution in [2.75, 3.05) is 42.5 Å². The number of aromatic nitrogens is 3. The molecule has 7 nitrogen and oxygen atoms in total. The molecule has 0 saturated carbocycles. The predicted molar refractivity (Wildman–Crippen MR) is 96.5 cm³/mol. The van der Waals surface area contributed by atoms with Crippen molar-refractivity contribution in [2.24, 2.45) is 7.05 Å². The van der Waals surface area contributed by atoms with Gasteiger partial charge in [-0.25, -0.2) is 4.98 Å². The summed E-state index contributed by atoms with van der Waals surface area (Å²) < 4.78 is 1.84. The minimum absolute atomic E-state index is 0.0449. The molecule has 0 atom stereocenters. The lowest BCUT2D eigenvalue weighted by molar-refractivity contribution is -0.116. The molecule has 0 radical (unpaired) electrons. The van der Waals surface area contributed by atoms with E-state index in [1.54, 1.807) is 23.2 Å². The highest BCUT2D eigenvalue weighted by atomic mass is 32.1. The first-order chi connectivity index (χ1) is 11.6. The van der Waals surface area contributed by atoms with Gasteiger partial charge in [-0.3, -0.25) is 19.3 Å². The first-order valence-electron chi connectivity index (χ1n) is 8.25. The molecule has 1 fully saturated rings. The first-order valence-corrected chi connectivity index (χ1v) is 9.13. The highest BCUT2D eigenvalue weighted by Gasteiger charge is 2.20. The van der Waals surface area contributed by atoms with E-state index in [-0.39, 0.29) is 5.91 Å². The summed E-state index contributed by atoms with van der Waals surface area (Å²) in [6.45, 7) is 9.06. The quantitative estimate of drug-likeness (QED) is 0.821. The molecular formula is C16H24N6OS. The number of amides is 1. The Labute approximate surface area is 146 Å². The lowest BCUT2D eigenvalue weighted by Crippen LogP contribution is -2.45. The normalized spacial score (nSPS) is 15.7. The van der Waals surface area contributed by atoms with E-state index >= 15 is 0 Å². The number of hydrogen-bond donors (Lipinski definition) is 0. The molecule has 0 N–H and O–H groups in total. The molecule has 1 saturated heterocycles. The second kappa shape index (κ2) is 7.31. The minimum Gasteiger partial charge on any atom is -0.366 e. The number of aryl methyl sites for hydroxylation is 1. The Morgan fingerprint density at radius 2 is 2.08 bits per heavy atom. The topological polar surface area (TPSA) is 57.5 Å². The summed E-state index contributed by atoms with van der Waals surface area (Å²) in [7, 11) is 1.94. The summed E-state index contributed by atoms with van der Waals surface area (Å²) in [5.41, 5.74) is 2.23. The smallest absolute Gasteiger partial charge is 0.225 e. The number of rotatable bonds is 5. The van der Waals surface area contributed by atoms with Gasteiger partial charge in [0, 0.05) is 64.8 Å². The Hall–Kier alpha value is -1.93. The van der Waals surface area contributed by atoms with Crippen LogP contribution in [-0.2, 0) is 18.4 Å². The van der Waals surface area contributed by atoms with Gasteiger partial charge < -0.3 is 4.90 Å². The SMILES string of the molecule is CCN(C(C)=O)c1nc(CN2CCN(c3cnn(C)c3)CC2)cs1. The van der Waals surface area contributed by atoms with E-state index in [0.717, 1.165) is 43.5 Å². The van der Waals surface area contributed by atoms with Crippen molar-refractivity contribution >= 4 is 28.1 Å². The van der Waals surface area contributed by atoms with Crippen molar-refractivity contribution in [1.29, 1.82) is 0 Å². The first kappa shape index (κ1) is 16.9. The summed E-state index contributed by atoms with van der Waals surface area (Å²) in [6, 6.07) is 0. The van der Waals surface area contributed by atoms with Gasteiger partial charge >= 0.3 is 0 Å². The van der Waals surface area contributed by atoms with E-state index in [1.807, 2.05) is 24.9 Å². The molecule has 3 heterocycles. The van der Waals surface area contributed by atoms with Crippen molar-refractivity contribution in [3.05, 3.63) is 23.5 Å². The van der Waals surface area contributed by atoms with Gasteiger partial charge in [0.1, 0.15) is 0 Å². The number of hydrogen-bond acceptors (Lipinski definition) is 6. The van der Waals surface area contributed by atoms with Gasteiger partial charge in [-0.1, -0.05) is 0 Å². The van der Waals surface area contributed by atoms with Crippen LogP contribution in [0, 0.1) is 0 Å². The third-order valence-corrected chi connectivity index (χ3v) is 5.19. The maximum absolute atomic E-state index is 11.6. The number of piperazine rings is 1. The monoisotopic (exact) mass is 348 g/mol. The predicted octanol–water partition coefficient (Wildman–Crippen LogP) is 1.57. The van der Waals surface area contributed by atoms with E-state index < -0.39 is 0 Å². The van der Waals surface area contributed by atoms with E-state index in [0.29, 0.717) is 6.54 Å². The number of thiazole rings is 1. The van der Waals surface area contributed by atoms with Crippen LogP contribution in [0.3, 0.4) is 0 Å². The lowest BCUT2D eigenvalue weighted by Gasteiger charge is -2.34. The molecule has 1 amide bonds. The summed E-state index contributed by atoms with van der Waals surface area (Å²) in [6.07, 6.45) is 3.98. The zero-order valence-corrected chi connectivity index (χ0v) is 15.3. The molecule has 1 aliphatic rings. The molecule has 0 aromatic carbocycles. The molecule has 24 heavy (non-hydrogen) atoms. The van der Waals surface area contributed by atoms with Crippen molar-refractivity contribution in [3.8, 4) is 0 Å². The number of anilines is 2. The number of carbonyl (C=O) groups is 1. The molecule has 1 aliphatic heterocycles. The lowest BCUT2D eigenvalue weighted by atomic mass is 10.3. The zero-order valence-electron chi connectivity index (χ0n) is 14.5. The molecule has 130 valence electrons. The molecule has 2 aromatic heterocycles. The molecule has 0 bridgehead atoms. The summed E-state index contributed by atoms with van der Waals surface area (Å²) in [5, 5.41) is 7.10. The zero-order chi connectivity index (χ0) is 17.1. The van der Waals surface area contributed by atoms with E-state index in [1.165, 1.54) is 5.69 Å². The van der Waals surface area contributed by atoms with Crippen LogP contribution >= 0.6 is 11.3 Å². The Balaban J connectivity index is 1.55. The molecule has 0 aliphatic carbocycles. The fraction of sp³-hybridized carbons (Fsp3) is 0.562. The van der Waals surface area contributed by atoms with Crippen LogP contribution in [0.5, 0.6) is 0 Å². The largest absolute Gasteiger partial charge is 0.366 e. The van der Waals surface area contributed by atoms with Gasteiger partial charge in [-0.2, -0.15) is 5.10 Å². The van der Waals surface area contributed by atoms with Crippen LogP contribution in [0.15, 0.2) is 17.8 Å². The van der Waals surface area contributed by atoms with Crippen molar-refractivity contribution in [2.45, 2.75) is 20.4 Å². The molecule has 3 rings (SSSR count). The van der Waals surface area contributed by atoms with E-state index in [4.69, 9.17) is 0 Å². The van der Waals surface area contributed by atoms with Gasteiger partial charge in [0.05, 0.1) is 17.6 Å². The van der Waals surface area contributed by atoms with Gasteiger partial charge in [0.15, 0.2) is 5.13 Å². The highest BCUT2D eigenvalue weighted by molar-refractivity contribution is 7.14. The molecule has 8 heteroatoms. The fourth-order valence-electron chi connectivity index (χ4n) is 2.95. The molecule has 0 spiro atoms. The van der Waals surface area contributed by atoms with Gasteiger partial charge in [0.25, 0.3) is 0 Å². The van der Waals surface area contributed by atoms with Gasteiger partial charge in [0.2, 0.25) is 5.91 Å². The third kappa shape index (κ3) is 3.76. The Morgan fingerprint density at radius 3 is 2.67 bits per heavy atom. The van der Waals surface area contributed by atoms with Crippen LogP contribution in [0.1, 0.15) is 19.5 Å². The summed E-state index contributed by atoms with van der Waals surface area (Å²) in [5.74, 6) is 0.0449. The minimum atomic E-state index is 0.0449. The molecule has 0 unspecified atom stereocenters. The van der Waals surface area contributed by atoms with Crippen LogP contribution < -0.4 is 9.80 Å². The van der Waals surface area contributed by atoms with Crippen LogP contribution in [-0.4, -0.2) is 58.3 Å². The third-order valence-electron chi connectivity index (χ3n) is 4.28. The van der Waals surface area contributed by atoms with Crippen LogP contribution in [0.25, 0.3) is 0 Å². The Morgan fingerprint density at radius 1 is 1.33 bits per heavy atom. The van der Waals surface area contributed by atoms with Crippen LogP contribution in [0.4, 0.5) is 10.8 Å². The van der Waals surface area contributed by atoms with E-state index in [2.05, 4.69) is 31.5 Å². The fourth-order valence-corrected chi connectivity index (χ4v) is 3.87. The average Bonchev–Trinajstić information content (AvgIpc) is 3.18. The van der Waals surface area contributed by atoms with E-state index in [9.17, 15) is 4.79 Å².